The molecule has 0 radical (unpaired) electrons. The summed E-state index contributed by atoms with van der Waals surface area (Å²) in [7, 11) is 0. The Morgan fingerprint density at radius 2 is 2.05 bits per heavy atom. The van der Waals surface area contributed by atoms with E-state index in [9.17, 15) is 4.79 Å². The number of hydrogen-bond acceptors (Lipinski definition) is 2. The predicted octanol–water partition coefficient (Wildman–Crippen LogP) is 4.72. The average Bonchev–Trinajstić information content (AvgIpc) is 2.41. The van der Waals surface area contributed by atoms with Gasteiger partial charge in [0.15, 0.2) is 0 Å². The summed E-state index contributed by atoms with van der Waals surface area (Å²) >= 11 is 9.45. The van der Waals surface area contributed by atoms with Crippen molar-refractivity contribution in [2.24, 2.45) is 0 Å². The summed E-state index contributed by atoms with van der Waals surface area (Å²) < 4.78 is 0.767. The molecular formula is C15H13BrClNO2. The molecule has 5 heteroatoms. The van der Waals surface area contributed by atoms with E-state index in [4.69, 9.17) is 16.7 Å². The summed E-state index contributed by atoms with van der Waals surface area (Å²) in [5.74, 6) is -0.935. The Kier molecular flexibility index (Phi) is 4.68. The van der Waals surface area contributed by atoms with E-state index < -0.39 is 5.97 Å². The Labute approximate surface area is 130 Å². The second-order valence-corrected chi connectivity index (χ2v) is 5.69. The van der Waals surface area contributed by atoms with Crippen LogP contribution in [0.2, 0.25) is 5.02 Å². The molecule has 0 heterocycles. The Hall–Kier alpha value is -1.52. The zero-order valence-corrected chi connectivity index (χ0v) is 13.1. The van der Waals surface area contributed by atoms with E-state index in [2.05, 4.69) is 21.2 Å². The van der Waals surface area contributed by atoms with Gasteiger partial charge in [-0.15, -0.1) is 0 Å². The number of carboxylic acid groups (broad SMARTS) is 1. The van der Waals surface area contributed by atoms with Crippen molar-refractivity contribution in [3.8, 4) is 0 Å². The second kappa shape index (κ2) is 6.29. The monoisotopic (exact) mass is 353 g/mol. The molecular weight excluding hydrogens is 342 g/mol. The number of halogens is 2. The first-order chi connectivity index (χ1) is 9.47. The van der Waals surface area contributed by atoms with Gasteiger partial charge in [0.25, 0.3) is 0 Å². The Balaban J connectivity index is 2.10. The summed E-state index contributed by atoms with van der Waals surface area (Å²) in [6.45, 7) is 2.53. The summed E-state index contributed by atoms with van der Waals surface area (Å²) in [5, 5.41) is 12.9. The molecule has 0 spiro atoms. The third kappa shape index (κ3) is 3.52. The zero-order valence-electron chi connectivity index (χ0n) is 10.8. The molecule has 2 aromatic carbocycles. The van der Waals surface area contributed by atoms with Gasteiger partial charge in [-0.2, -0.15) is 0 Å². The number of benzene rings is 2. The lowest BCUT2D eigenvalue weighted by Gasteiger charge is -2.10. The lowest BCUT2D eigenvalue weighted by Crippen LogP contribution is -2.02. The van der Waals surface area contributed by atoms with Crippen molar-refractivity contribution in [3.63, 3.8) is 0 Å². The van der Waals surface area contributed by atoms with Gasteiger partial charge in [-0.3, -0.25) is 0 Å². The maximum Gasteiger partial charge on any atom is 0.335 e. The van der Waals surface area contributed by atoms with Gasteiger partial charge >= 0.3 is 5.97 Å². The van der Waals surface area contributed by atoms with Crippen molar-refractivity contribution in [2.75, 3.05) is 5.32 Å². The van der Waals surface area contributed by atoms with Crippen LogP contribution in [0.25, 0.3) is 0 Å². The van der Waals surface area contributed by atoms with Crippen LogP contribution in [0, 0.1) is 6.92 Å². The molecule has 0 atom stereocenters. The molecule has 2 rings (SSSR count). The summed E-state index contributed by atoms with van der Waals surface area (Å²) in [5.41, 5.74) is 3.20. The van der Waals surface area contributed by atoms with Crippen LogP contribution < -0.4 is 5.32 Å². The van der Waals surface area contributed by atoms with E-state index in [1.54, 1.807) is 18.2 Å². The molecule has 2 aromatic rings. The summed E-state index contributed by atoms with van der Waals surface area (Å²) in [6, 6.07) is 10.8. The number of rotatable bonds is 4. The highest BCUT2D eigenvalue weighted by atomic mass is 79.9. The van der Waals surface area contributed by atoms with Crippen molar-refractivity contribution in [3.05, 3.63) is 62.6 Å². The highest BCUT2D eigenvalue weighted by Crippen LogP contribution is 2.23. The average molecular weight is 355 g/mol. The van der Waals surface area contributed by atoms with Crippen LogP contribution in [0.1, 0.15) is 21.5 Å². The predicted molar refractivity (Wildman–Crippen MR) is 84.6 cm³/mol. The van der Waals surface area contributed by atoms with Crippen LogP contribution >= 0.6 is 27.5 Å². The fraction of sp³-hybridized carbons (Fsp3) is 0.133. The first kappa shape index (κ1) is 14.9. The minimum atomic E-state index is -0.935. The van der Waals surface area contributed by atoms with Gasteiger partial charge in [0, 0.05) is 21.7 Å². The molecule has 0 amide bonds. The maximum absolute atomic E-state index is 10.9. The number of aromatic carboxylic acids is 1. The lowest BCUT2D eigenvalue weighted by molar-refractivity contribution is 0.0697. The van der Waals surface area contributed by atoms with Gasteiger partial charge in [-0.1, -0.05) is 39.7 Å². The maximum atomic E-state index is 10.9. The largest absolute Gasteiger partial charge is 0.478 e. The standard InChI is InChI=1S/C15H13BrClNO2/c1-9-2-5-12(7-14(9)17)18-8-11-4-3-10(15(19)20)6-13(11)16/h2-7,18H,8H2,1H3,(H,19,20). The minimum Gasteiger partial charge on any atom is -0.478 e. The quantitative estimate of drug-likeness (QED) is 0.835. The van der Waals surface area contributed by atoms with Crippen LogP contribution in [-0.2, 0) is 6.54 Å². The smallest absolute Gasteiger partial charge is 0.335 e. The third-order valence-electron chi connectivity index (χ3n) is 2.95. The Morgan fingerprint density at radius 1 is 1.30 bits per heavy atom. The molecule has 0 aliphatic rings. The molecule has 20 heavy (non-hydrogen) atoms. The normalized spacial score (nSPS) is 10.3. The van der Waals surface area contributed by atoms with E-state index in [1.807, 2.05) is 25.1 Å². The van der Waals surface area contributed by atoms with E-state index in [0.717, 1.165) is 26.3 Å². The van der Waals surface area contributed by atoms with Gasteiger partial charge in [-0.05, 0) is 42.3 Å². The third-order valence-corrected chi connectivity index (χ3v) is 4.10. The van der Waals surface area contributed by atoms with Crippen LogP contribution in [0.15, 0.2) is 40.9 Å². The van der Waals surface area contributed by atoms with Crippen LogP contribution in [0.4, 0.5) is 5.69 Å². The molecule has 3 nitrogen and oxygen atoms in total. The molecule has 2 N–H and O–H groups in total. The molecule has 0 aromatic heterocycles. The number of nitrogens with one attached hydrogen (secondary N) is 1. The van der Waals surface area contributed by atoms with Gasteiger partial charge in [-0.25, -0.2) is 4.79 Å². The molecule has 0 bridgehead atoms. The first-order valence-corrected chi connectivity index (χ1v) is 7.16. The second-order valence-electron chi connectivity index (χ2n) is 4.43. The minimum absolute atomic E-state index is 0.263. The van der Waals surface area contributed by atoms with Crippen molar-refractivity contribution < 1.29 is 9.90 Å². The van der Waals surface area contributed by atoms with Crippen molar-refractivity contribution in [2.45, 2.75) is 13.5 Å². The van der Waals surface area contributed by atoms with Crippen LogP contribution in [0.5, 0.6) is 0 Å². The van der Waals surface area contributed by atoms with Crippen LogP contribution in [-0.4, -0.2) is 11.1 Å². The number of carboxylic acids is 1. The SMILES string of the molecule is Cc1ccc(NCc2ccc(C(=O)O)cc2Br)cc1Cl. The van der Waals surface area contributed by atoms with Gasteiger partial charge in [0.2, 0.25) is 0 Å². The zero-order chi connectivity index (χ0) is 14.7. The number of aryl methyl sites for hydroxylation is 1. The summed E-state index contributed by atoms with van der Waals surface area (Å²) in [6.07, 6.45) is 0. The fourth-order valence-electron chi connectivity index (χ4n) is 1.72. The molecule has 0 aliphatic heterocycles. The van der Waals surface area contributed by atoms with E-state index in [0.29, 0.717) is 6.54 Å². The number of carbonyl (C=O) groups is 1. The van der Waals surface area contributed by atoms with E-state index >= 15 is 0 Å². The molecule has 0 unspecified atom stereocenters. The Bertz CT molecular complexity index is 658. The molecule has 104 valence electrons. The molecule has 0 saturated heterocycles. The fourth-order valence-corrected chi connectivity index (χ4v) is 2.42. The first-order valence-electron chi connectivity index (χ1n) is 5.99. The van der Waals surface area contributed by atoms with Crippen molar-refractivity contribution in [1.29, 1.82) is 0 Å². The van der Waals surface area contributed by atoms with E-state index in [-0.39, 0.29) is 5.56 Å². The lowest BCUT2D eigenvalue weighted by atomic mass is 10.1. The highest BCUT2D eigenvalue weighted by Gasteiger charge is 2.07. The topological polar surface area (TPSA) is 49.3 Å². The van der Waals surface area contributed by atoms with Crippen molar-refractivity contribution in [1.82, 2.24) is 0 Å². The van der Waals surface area contributed by atoms with Gasteiger partial charge in [0.05, 0.1) is 5.56 Å². The van der Waals surface area contributed by atoms with Crippen LogP contribution in [0.3, 0.4) is 0 Å². The number of anilines is 1. The van der Waals surface area contributed by atoms with Gasteiger partial charge in [0.1, 0.15) is 0 Å². The highest BCUT2D eigenvalue weighted by molar-refractivity contribution is 9.10. The van der Waals surface area contributed by atoms with Gasteiger partial charge < -0.3 is 10.4 Å². The molecule has 0 saturated carbocycles. The van der Waals surface area contributed by atoms with E-state index in [1.165, 1.54) is 0 Å². The van der Waals surface area contributed by atoms with Crippen molar-refractivity contribution >= 4 is 39.2 Å². The molecule has 0 aliphatic carbocycles. The summed E-state index contributed by atoms with van der Waals surface area (Å²) in [4.78, 5) is 10.9. The molecule has 0 fully saturated rings. The Morgan fingerprint density at radius 3 is 2.65 bits per heavy atom. The number of hydrogen-bond donors (Lipinski definition) is 2.